The maximum Gasteiger partial charge on any atom is 0.306 e. The molecule has 1 saturated heterocycles. The van der Waals surface area contributed by atoms with Crippen molar-refractivity contribution in [2.75, 3.05) is 13.2 Å². The highest BCUT2D eigenvalue weighted by molar-refractivity contribution is 5.69. The lowest BCUT2D eigenvalue weighted by molar-refractivity contribution is -0.144. The zero-order chi connectivity index (χ0) is 10.4. The lowest BCUT2D eigenvalue weighted by Gasteiger charge is -2.00. The number of carbonyl (C=O) groups is 1. The van der Waals surface area contributed by atoms with Crippen molar-refractivity contribution in [1.29, 1.82) is 0 Å². The molecule has 1 atom stereocenters. The summed E-state index contributed by atoms with van der Waals surface area (Å²) in [6.45, 7) is 5.34. The number of esters is 1. The number of hydrogen-bond acceptors (Lipinski definition) is 3. The molecular formula is C11H18O3. The van der Waals surface area contributed by atoms with Crippen LogP contribution in [0.4, 0.5) is 0 Å². The van der Waals surface area contributed by atoms with Crippen molar-refractivity contribution in [1.82, 2.24) is 0 Å². The molecule has 3 nitrogen and oxygen atoms in total. The van der Waals surface area contributed by atoms with E-state index in [1.54, 1.807) is 0 Å². The third-order valence-electron chi connectivity index (χ3n) is 2.23. The average molecular weight is 198 g/mol. The predicted octanol–water partition coefficient (Wildman–Crippen LogP) is 2.06. The monoisotopic (exact) mass is 198 g/mol. The Hall–Kier alpha value is -0.830. The van der Waals surface area contributed by atoms with Crippen LogP contribution in [0.5, 0.6) is 0 Å². The van der Waals surface area contributed by atoms with Gasteiger partial charge in [-0.2, -0.15) is 0 Å². The minimum Gasteiger partial charge on any atom is -0.463 e. The zero-order valence-corrected chi connectivity index (χ0v) is 8.91. The Bertz CT molecular complexity index is 217. The van der Waals surface area contributed by atoms with E-state index in [2.05, 4.69) is 19.9 Å². The molecule has 80 valence electrons. The van der Waals surface area contributed by atoms with Crippen LogP contribution in [0.3, 0.4) is 0 Å². The van der Waals surface area contributed by atoms with Crippen LogP contribution in [0, 0.1) is 0 Å². The Morgan fingerprint density at radius 2 is 2.36 bits per heavy atom. The third kappa shape index (κ3) is 5.02. The van der Waals surface area contributed by atoms with Crippen LogP contribution in [0.2, 0.25) is 0 Å². The maximum atomic E-state index is 11.1. The molecule has 0 spiro atoms. The van der Waals surface area contributed by atoms with Crippen LogP contribution in [0.25, 0.3) is 0 Å². The Balaban J connectivity index is 2.01. The summed E-state index contributed by atoms with van der Waals surface area (Å²) in [4.78, 5) is 11.1. The Labute approximate surface area is 85.1 Å². The fourth-order valence-electron chi connectivity index (χ4n) is 1.00. The van der Waals surface area contributed by atoms with E-state index in [1.807, 2.05) is 0 Å². The number of carbonyl (C=O) groups excluding carboxylic acids is 1. The molecule has 0 amide bonds. The number of epoxide rings is 1. The fraction of sp³-hybridized carbons (Fsp3) is 0.727. The second-order valence-electron chi connectivity index (χ2n) is 3.58. The first-order valence-corrected chi connectivity index (χ1v) is 5.15. The number of allylic oxidation sites excluding steroid dienone is 2. The predicted molar refractivity (Wildman–Crippen MR) is 54.0 cm³/mol. The maximum absolute atomic E-state index is 11.1. The molecule has 3 heteroatoms. The minimum atomic E-state index is -0.124. The summed E-state index contributed by atoms with van der Waals surface area (Å²) < 4.78 is 9.92. The first-order valence-electron chi connectivity index (χ1n) is 5.15. The highest BCUT2D eigenvalue weighted by Crippen LogP contribution is 2.09. The molecule has 1 aliphatic rings. The van der Waals surface area contributed by atoms with E-state index < -0.39 is 0 Å². The third-order valence-corrected chi connectivity index (χ3v) is 2.23. The molecular weight excluding hydrogens is 180 g/mol. The van der Waals surface area contributed by atoms with E-state index in [9.17, 15) is 4.79 Å². The van der Waals surface area contributed by atoms with Crippen molar-refractivity contribution in [2.45, 2.75) is 39.2 Å². The molecule has 0 aromatic carbocycles. The summed E-state index contributed by atoms with van der Waals surface area (Å²) in [5.74, 6) is -0.124. The summed E-state index contributed by atoms with van der Waals surface area (Å²) in [7, 11) is 0. The molecule has 0 bridgehead atoms. The van der Waals surface area contributed by atoms with Gasteiger partial charge < -0.3 is 9.47 Å². The van der Waals surface area contributed by atoms with Crippen molar-refractivity contribution in [2.24, 2.45) is 0 Å². The molecule has 0 N–H and O–H groups in total. The van der Waals surface area contributed by atoms with Gasteiger partial charge in [-0.25, -0.2) is 0 Å². The van der Waals surface area contributed by atoms with E-state index in [-0.39, 0.29) is 12.1 Å². The average Bonchev–Trinajstić information content (AvgIpc) is 2.98. The van der Waals surface area contributed by atoms with Crippen LogP contribution in [0.15, 0.2) is 11.6 Å². The standard InChI is InChI=1S/C11H18O3/c1-3-9(2)5-4-6-11(12)14-8-10-7-13-10/h5,10H,3-4,6-8H2,1-2H3. The zero-order valence-electron chi connectivity index (χ0n) is 8.91. The lowest BCUT2D eigenvalue weighted by atomic mass is 10.2. The van der Waals surface area contributed by atoms with Gasteiger partial charge in [0.15, 0.2) is 0 Å². The van der Waals surface area contributed by atoms with Gasteiger partial charge in [0, 0.05) is 6.42 Å². The van der Waals surface area contributed by atoms with Gasteiger partial charge in [0.1, 0.15) is 12.7 Å². The molecule has 1 rings (SSSR count). The normalized spacial score (nSPS) is 20.7. The van der Waals surface area contributed by atoms with Crippen LogP contribution in [-0.4, -0.2) is 25.3 Å². The molecule has 1 unspecified atom stereocenters. The molecule has 1 aliphatic heterocycles. The van der Waals surface area contributed by atoms with Crippen LogP contribution >= 0.6 is 0 Å². The molecule has 0 aromatic rings. The van der Waals surface area contributed by atoms with E-state index >= 15 is 0 Å². The number of ether oxygens (including phenoxy) is 2. The van der Waals surface area contributed by atoms with E-state index in [1.165, 1.54) is 5.57 Å². The highest BCUT2D eigenvalue weighted by atomic mass is 16.6. The summed E-state index contributed by atoms with van der Waals surface area (Å²) >= 11 is 0. The molecule has 14 heavy (non-hydrogen) atoms. The number of hydrogen-bond donors (Lipinski definition) is 0. The first-order chi connectivity index (χ1) is 6.72. The first kappa shape index (κ1) is 11.2. The summed E-state index contributed by atoms with van der Waals surface area (Å²) in [6, 6.07) is 0. The molecule has 0 aromatic heterocycles. The summed E-state index contributed by atoms with van der Waals surface area (Å²) in [6.07, 6.45) is 4.57. The Kier molecular flexibility index (Phi) is 4.66. The van der Waals surface area contributed by atoms with E-state index in [0.29, 0.717) is 13.0 Å². The van der Waals surface area contributed by atoms with Crippen molar-refractivity contribution in [3.8, 4) is 0 Å². The molecule has 1 fully saturated rings. The minimum absolute atomic E-state index is 0.124. The summed E-state index contributed by atoms with van der Waals surface area (Å²) in [5.41, 5.74) is 1.32. The van der Waals surface area contributed by atoms with Crippen LogP contribution in [0.1, 0.15) is 33.1 Å². The van der Waals surface area contributed by atoms with E-state index in [4.69, 9.17) is 9.47 Å². The quantitative estimate of drug-likeness (QED) is 0.372. The second-order valence-corrected chi connectivity index (χ2v) is 3.58. The van der Waals surface area contributed by atoms with Crippen molar-refractivity contribution >= 4 is 5.97 Å². The van der Waals surface area contributed by atoms with Gasteiger partial charge in [0.2, 0.25) is 0 Å². The highest BCUT2D eigenvalue weighted by Gasteiger charge is 2.23. The smallest absolute Gasteiger partial charge is 0.306 e. The lowest BCUT2D eigenvalue weighted by Crippen LogP contribution is -2.09. The fourth-order valence-corrected chi connectivity index (χ4v) is 1.00. The van der Waals surface area contributed by atoms with Crippen molar-refractivity contribution in [3.05, 3.63) is 11.6 Å². The van der Waals surface area contributed by atoms with E-state index in [0.717, 1.165) is 19.4 Å². The van der Waals surface area contributed by atoms with Gasteiger partial charge in [-0.05, 0) is 19.8 Å². The molecule has 0 radical (unpaired) electrons. The largest absolute Gasteiger partial charge is 0.463 e. The topological polar surface area (TPSA) is 38.8 Å². The van der Waals surface area contributed by atoms with Gasteiger partial charge in [-0.1, -0.05) is 18.6 Å². The SMILES string of the molecule is CCC(C)=CCCC(=O)OCC1CO1. The molecule has 0 aliphatic carbocycles. The van der Waals surface area contributed by atoms with Gasteiger partial charge in [-0.15, -0.1) is 0 Å². The molecule has 1 heterocycles. The van der Waals surface area contributed by atoms with Crippen LogP contribution in [-0.2, 0) is 14.3 Å². The van der Waals surface area contributed by atoms with Gasteiger partial charge in [0.25, 0.3) is 0 Å². The Morgan fingerprint density at radius 3 is 2.93 bits per heavy atom. The number of rotatable bonds is 6. The molecule has 0 saturated carbocycles. The van der Waals surface area contributed by atoms with Gasteiger partial charge >= 0.3 is 5.97 Å². The Morgan fingerprint density at radius 1 is 1.64 bits per heavy atom. The van der Waals surface area contributed by atoms with Crippen molar-refractivity contribution < 1.29 is 14.3 Å². The summed E-state index contributed by atoms with van der Waals surface area (Å²) in [5, 5.41) is 0. The van der Waals surface area contributed by atoms with Crippen molar-refractivity contribution in [3.63, 3.8) is 0 Å². The second kappa shape index (κ2) is 5.81. The van der Waals surface area contributed by atoms with Gasteiger partial charge in [-0.3, -0.25) is 4.79 Å². The van der Waals surface area contributed by atoms with Crippen LogP contribution < -0.4 is 0 Å². The van der Waals surface area contributed by atoms with Gasteiger partial charge in [0.05, 0.1) is 6.61 Å².